The van der Waals surface area contributed by atoms with E-state index in [1.165, 1.54) is 26.0 Å². The van der Waals surface area contributed by atoms with Crippen molar-refractivity contribution in [3.8, 4) is 0 Å². The van der Waals surface area contributed by atoms with E-state index in [0.29, 0.717) is 32.3 Å². The van der Waals surface area contributed by atoms with E-state index in [0.717, 1.165) is 0 Å². The zero-order valence-corrected chi connectivity index (χ0v) is 36.3. The van der Waals surface area contributed by atoms with Gasteiger partial charge in [0.2, 0.25) is 11.6 Å². The van der Waals surface area contributed by atoms with Crippen molar-refractivity contribution in [1.29, 1.82) is 0 Å². The van der Waals surface area contributed by atoms with E-state index in [2.05, 4.69) is 10.3 Å². The number of nitrogens with one attached hydrogen (secondary N) is 3. The number of rotatable bonds is 11. The van der Waals surface area contributed by atoms with Crippen molar-refractivity contribution in [3.63, 3.8) is 0 Å². The number of aromatic nitrogens is 6. The molecule has 0 bridgehead atoms. The Labute approximate surface area is 377 Å². The number of hydrogen-bond donors (Lipinski definition) is 5. The summed E-state index contributed by atoms with van der Waals surface area (Å²) in [4.78, 5) is 76.2. The van der Waals surface area contributed by atoms with Gasteiger partial charge < -0.3 is 29.7 Å². The number of aliphatic hydroxyl groups excluding tert-OH is 2. The molecule has 0 unspecified atom stereocenters. The molecular formula is C41H46F9N7O11. The molecule has 374 valence electrons. The maximum Gasteiger partial charge on any atom is 0.351 e. The van der Waals surface area contributed by atoms with Crippen molar-refractivity contribution in [2.24, 2.45) is 11.8 Å². The molecule has 18 nitrogen and oxygen atoms in total. The van der Waals surface area contributed by atoms with Crippen LogP contribution in [-0.4, -0.2) is 113 Å². The van der Waals surface area contributed by atoms with Crippen LogP contribution in [0.3, 0.4) is 0 Å². The summed E-state index contributed by atoms with van der Waals surface area (Å²) in [6.07, 6.45) is -10.5. The van der Waals surface area contributed by atoms with E-state index in [1.54, 1.807) is 42.0 Å². The summed E-state index contributed by atoms with van der Waals surface area (Å²) >= 11 is 0. The number of carbonyl (C=O) groups excluding carboxylic acids is 1. The normalized spacial score (nSPS) is 30.8. The summed E-state index contributed by atoms with van der Waals surface area (Å²) in [6, 6.07) is 7.98. The number of aliphatic hydroxyl groups is 2. The molecule has 3 fully saturated rings. The minimum atomic E-state index is -2.29. The third-order valence-corrected chi connectivity index (χ3v) is 12.3. The fourth-order valence-corrected chi connectivity index (χ4v) is 7.73. The maximum absolute atomic E-state index is 14.7. The monoisotopic (exact) mass is 983 g/mol. The lowest BCUT2D eigenvalue weighted by atomic mass is 9.86. The highest BCUT2D eigenvalue weighted by atomic mass is 19.2. The standard InChI is InChI=1S/C19H20F3N3O3.C12H15F3N2O3.C10H11F3N2O5/c1-3-19(10-20)11(2)14(22)17(28-19)25-9-13(21)15(24-18(25)27)23-16(26)12-7-5-4-6-8-12;1-3-12(5-13)6(2)8(15)10(20-12)17-4-7(14)9(18)16-11(17)19;11-2-10(3-16)6(17)5(13)8(20-10)15-1-4(12)7(18)14-9(15)19/h4-9,11,14,17H,3,10H2,1-2H3,(H,23,24,26,27);4,6,8,10H,3,5H2,1-2H3,(H,16,18,19);1,5-6,8,16-17H,2-3H2,(H,14,18,19)/t11-,14+,17+,19-;6-,8+,10+,12-;5-,6+,8-,10-/m001/s1. The number of ether oxygens (including phenoxy) is 3. The fourth-order valence-electron chi connectivity index (χ4n) is 7.73. The van der Waals surface area contributed by atoms with Gasteiger partial charge in [-0.15, -0.1) is 0 Å². The number of benzene rings is 1. The van der Waals surface area contributed by atoms with Crippen molar-refractivity contribution in [3.05, 3.63) is 124 Å². The number of halogens is 9. The zero-order chi connectivity index (χ0) is 50.6. The van der Waals surface area contributed by atoms with Crippen LogP contribution < -0.4 is 33.5 Å². The second-order valence-corrected chi connectivity index (χ2v) is 16.1. The highest BCUT2D eigenvalue weighted by Crippen LogP contribution is 2.46. The van der Waals surface area contributed by atoms with Gasteiger partial charge in [-0.3, -0.25) is 38.1 Å². The topological polar surface area (TPSA) is 242 Å². The molecule has 27 heteroatoms. The summed E-state index contributed by atoms with van der Waals surface area (Å²) in [6.45, 7) is 1.94. The van der Waals surface area contributed by atoms with Crippen LogP contribution in [0.5, 0.6) is 0 Å². The molecule has 12 atom stereocenters. The first-order chi connectivity index (χ1) is 32.0. The third kappa shape index (κ3) is 9.97. The Morgan fingerprint density at radius 3 is 1.50 bits per heavy atom. The van der Waals surface area contributed by atoms with Crippen LogP contribution in [0, 0.1) is 29.3 Å². The highest BCUT2D eigenvalue weighted by molar-refractivity contribution is 6.03. The summed E-state index contributed by atoms with van der Waals surface area (Å²) in [7, 11) is 0. The molecule has 6 heterocycles. The summed E-state index contributed by atoms with van der Waals surface area (Å²) in [5, 5.41) is 20.8. The first kappa shape index (κ1) is 53.1. The molecule has 68 heavy (non-hydrogen) atoms. The van der Waals surface area contributed by atoms with E-state index in [1.807, 2.05) is 0 Å². The van der Waals surface area contributed by atoms with Gasteiger partial charge in [-0.1, -0.05) is 45.9 Å². The van der Waals surface area contributed by atoms with Crippen LogP contribution in [0.1, 0.15) is 69.6 Å². The van der Waals surface area contributed by atoms with Crippen molar-refractivity contribution < 1.29 is 68.7 Å². The molecule has 0 saturated carbocycles. The van der Waals surface area contributed by atoms with Gasteiger partial charge in [0.15, 0.2) is 54.4 Å². The molecule has 1 amide bonds. The van der Waals surface area contributed by atoms with Gasteiger partial charge in [0.1, 0.15) is 37.3 Å². The molecule has 0 radical (unpaired) electrons. The van der Waals surface area contributed by atoms with Crippen molar-refractivity contribution >= 4 is 11.7 Å². The number of alkyl halides is 6. The number of hydrogen-bond acceptors (Lipinski definition) is 12. The minimum Gasteiger partial charge on any atom is -0.393 e. The molecule has 0 aliphatic carbocycles. The predicted octanol–water partition coefficient (Wildman–Crippen LogP) is 3.16. The Kier molecular flexibility index (Phi) is 16.5. The average molecular weight is 984 g/mol. The van der Waals surface area contributed by atoms with Gasteiger partial charge >= 0.3 is 17.1 Å². The van der Waals surface area contributed by atoms with Crippen LogP contribution in [0.4, 0.5) is 45.3 Å². The molecule has 3 aromatic heterocycles. The Balaban J connectivity index is 0.000000195. The molecular weight excluding hydrogens is 937 g/mol. The fraction of sp³-hybridized carbons (Fsp3) is 0.537. The SMILES string of the molecule is CC[C@@]1(CF)O[C@@H](n2cc(F)c(=O)[nH]c2=O)[C@H](F)[C@@H]1C.CC[C@@]1(CF)O[C@@H](n2cc(F)c(NC(=O)c3ccccc3)nc2=O)[C@H](F)[C@@H]1C.O=c1[nH]c(=O)n([C@@H]2O[C@@](CO)(CF)[C@@H](O)[C@H]2F)cc1F. The van der Waals surface area contributed by atoms with Gasteiger partial charge in [-0.2, -0.15) is 13.8 Å². The minimum absolute atomic E-state index is 0.192. The Morgan fingerprint density at radius 1 is 0.691 bits per heavy atom. The molecule has 3 aliphatic heterocycles. The van der Waals surface area contributed by atoms with E-state index in [4.69, 9.17) is 19.3 Å². The molecule has 7 rings (SSSR count). The Morgan fingerprint density at radius 2 is 1.10 bits per heavy atom. The lowest BCUT2D eigenvalue weighted by Crippen LogP contribution is -2.47. The largest absolute Gasteiger partial charge is 0.393 e. The summed E-state index contributed by atoms with van der Waals surface area (Å²) in [5.41, 5.74) is -10.4. The van der Waals surface area contributed by atoms with Crippen molar-refractivity contribution in [1.82, 2.24) is 28.7 Å². The lowest BCUT2D eigenvalue weighted by Gasteiger charge is -2.28. The first-order valence-electron chi connectivity index (χ1n) is 20.6. The molecule has 4 aromatic rings. The number of nitrogens with zero attached hydrogens (tertiary/aromatic N) is 4. The molecule has 1 aromatic carbocycles. The molecule has 5 N–H and O–H groups in total. The van der Waals surface area contributed by atoms with E-state index in [-0.39, 0.29) is 18.4 Å². The van der Waals surface area contributed by atoms with Crippen LogP contribution >= 0.6 is 0 Å². The van der Waals surface area contributed by atoms with Gasteiger partial charge in [-0.25, -0.2) is 45.1 Å². The van der Waals surface area contributed by atoms with E-state index >= 15 is 0 Å². The van der Waals surface area contributed by atoms with Crippen molar-refractivity contribution in [2.75, 3.05) is 31.9 Å². The second kappa shape index (κ2) is 21.2. The van der Waals surface area contributed by atoms with Crippen LogP contribution in [0.15, 0.2) is 72.9 Å². The van der Waals surface area contributed by atoms with Crippen LogP contribution in [0.25, 0.3) is 0 Å². The summed E-state index contributed by atoms with van der Waals surface area (Å²) in [5.74, 6) is -6.52. The van der Waals surface area contributed by atoms with Crippen LogP contribution in [0.2, 0.25) is 0 Å². The quantitative estimate of drug-likeness (QED) is 0.136. The molecule has 3 saturated heterocycles. The Hall–Kier alpha value is -5.90. The van der Waals surface area contributed by atoms with Gasteiger partial charge in [-0.05, 0) is 25.0 Å². The van der Waals surface area contributed by atoms with Gasteiger partial charge in [0.25, 0.3) is 17.0 Å². The number of anilines is 1. The number of carbonyl (C=O) groups is 1. The molecule has 0 spiro atoms. The van der Waals surface area contributed by atoms with Crippen molar-refractivity contribution in [2.45, 2.75) is 101 Å². The number of H-pyrrole nitrogens is 2. The number of amides is 1. The average Bonchev–Trinajstić information content (AvgIpc) is 3.85. The maximum atomic E-state index is 14.7. The number of aromatic amines is 2. The lowest BCUT2D eigenvalue weighted by molar-refractivity contribution is -0.138. The van der Waals surface area contributed by atoms with Gasteiger partial charge in [0.05, 0.1) is 25.2 Å². The van der Waals surface area contributed by atoms with Gasteiger partial charge in [0, 0.05) is 17.4 Å². The smallest absolute Gasteiger partial charge is 0.351 e. The van der Waals surface area contributed by atoms with E-state index < -0.39 is 156 Å². The third-order valence-electron chi connectivity index (χ3n) is 12.3. The zero-order valence-electron chi connectivity index (χ0n) is 36.3. The predicted molar refractivity (Wildman–Crippen MR) is 219 cm³/mol. The molecule has 3 aliphatic rings. The van der Waals surface area contributed by atoms with Crippen LogP contribution in [-0.2, 0) is 14.2 Å². The Bertz CT molecular complexity index is 2600. The summed E-state index contributed by atoms with van der Waals surface area (Å²) < 4.78 is 141. The van der Waals surface area contributed by atoms with E-state index in [9.17, 15) is 73.4 Å². The highest BCUT2D eigenvalue weighted by Gasteiger charge is 2.57. The second-order valence-electron chi connectivity index (χ2n) is 16.1. The first-order valence-corrected chi connectivity index (χ1v) is 20.6.